The maximum atomic E-state index is 6.41. The van der Waals surface area contributed by atoms with Crippen LogP contribution in [0.5, 0.6) is 11.5 Å². The summed E-state index contributed by atoms with van der Waals surface area (Å²) in [4.78, 5) is 2.38. The van der Waals surface area contributed by atoms with Crippen LogP contribution in [0.25, 0.3) is 0 Å². The van der Waals surface area contributed by atoms with Crippen molar-refractivity contribution in [2.24, 2.45) is 5.73 Å². The number of hydrogen-bond acceptors (Lipinski definition) is 5. The van der Waals surface area contributed by atoms with Crippen LogP contribution in [0.3, 0.4) is 0 Å². The number of benzene rings is 1. The fourth-order valence-electron chi connectivity index (χ4n) is 2.69. The summed E-state index contributed by atoms with van der Waals surface area (Å²) in [6, 6.07) is 5.67. The fraction of sp³-hybridized carbons (Fsp3) is 0.625. The number of hydrogen-bond donors (Lipinski definition) is 1. The van der Waals surface area contributed by atoms with E-state index in [0.717, 1.165) is 43.4 Å². The second-order valence-electron chi connectivity index (χ2n) is 6.03. The minimum atomic E-state index is -0.108. The molecule has 118 valence electrons. The molecule has 1 fully saturated rings. The van der Waals surface area contributed by atoms with Crippen molar-refractivity contribution >= 4 is 0 Å². The monoisotopic (exact) mass is 294 g/mol. The molecule has 0 aliphatic carbocycles. The Balaban J connectivity index is 2.14. The number of nitrogens with two attached hydrogens (primary N) is 1. The van der Waals surface area contributed by atoms with E-state index in [-0.39, 0.29) is 11.6 Å². The minimum Gasteiger partial charge on any atom is -0.497 e. The molecule has 2 rings (SSSR count). The van der Waals surface area contributed by atoms with Crippen molar-refractivity contribution in [1.29, 1.82) is 0 Å². The molecule has 2 N–H and O–H groups in total. The van der Waals surface area contributed by atoms with E-state index in [0.29, 0.717) is 0 Å². The van der Waals surface area contributed by atoms with Crippen LogP contribution in [-0.4, -0.2) is 51.0 Å². The highest BCUT2D eigenvalue weighted by Gasteiger charge is 2.32. The number of rotatable bonds is 5. The molecule has 0 spiro atoms. The van der Waals surface area contributed by atoms with Gasteiger partial charge >= 0.3 is 0 Å². The van der Waals surface area contributed by atoms with Crippen LogP contribution < -0.4 is 15.2 Å². The molecule has 1 atom stereocenters. The first-order valence-electron chi connectivity index (χ1n) is 7.28. The smallest absolute Gasteiger partial charge is 0.127 e. The zero-order valence-electron chi connectivity index (χ0n) is 13.4. The Morgan fingerprint density at radius 3 is 2.71 bits per heavy atom. The van der Waals surface area contributed by atoms with Gasteiger partial charge in [0.15, 0.2) is 0 Å². The molecule has 0 amide bonds. The van der Waals surface area contributed by atoms with Crippen LogP contribution >= 0.6 is 0 Å². The Bertz CT molecular complexity index is 477. The molecule has 5 nitrogen and oxygen atoms in total. The Kier molecular flexibility index (Phi) is 5.08. The van der Waals surface area contributed by atoms with Crippen molar-refractivity contribution in [3.8, 4) is 11.5 Å². The lowest BCUT2D eigenvalue weighted by Crippen LogP contribution is -2.54. The van der Waals surface area contributed by atoms with E-state index in [2.05, 4.69) is 18.7 Å². The average Bonchev–Trinajstić information content (AvgIpc) is 2.48. The fourth-order valence-corrected chi connectivity index (χ4v) is 2.69. The number of morpholine rings is 1. The third kappa shape index (κ3) is 3.67. The third-order valence-corrected chi connectivity index (χ3v) is 4.07. The molecule has 1 aromatic rings. The topological polar surface area (TPSA) is 57.0 Å². The van der Waals surface area contributed by atoms with Crippen molar-refractivity contribution in [2.45, 2.75) is 25.4 Å². The minimum absolute atomic E-state index is 0.00950. The van der Waals surface area contributed by atoms with Crippen molar-refractivity contribution in [1.82, 2.24) is 4.90 Å². The van der Waals surface area contributed by atoms with Crippen molar-refractivity contribution in [3.05, 3.63) is 23.8 Å². The SMILES string of the molecule is COc1ccc(C(N)CN2CCOCC2(C)C)c(OC)c1. The summed E-state index contributed by atoms with van der Waals surface area (Å²) in [5.74, 6) is 1.54. The van der Waals surface area contributed by atoms with E-state index < -0.39 is 0 Å². The largest absolute Gasteiger partial charge is 0.497 e. The summed E-state index contributed by atoms with van der Waals surface area (Å²) in [5, 5.41) is 0. The Morgan fingerprint density at radius 2 is 2.10 bits per heavy atom. The van der Waals surface area contributed by atoms with E-state index in [1.807, 2.05) is 18.2 Å². The van der Waals surface area contributed by atoms with E-state index >= 15 is 0 Å². The molecule has 1 heterocycles. The molecule has 1 aliphatic rings. The summed E-state index contributed by atoms with van der Waals surface area (Å²) < 4.78 is 16.2. The lowest BCUT2D eigenvalue weighted by Gasteiger charge is -2.43. The highest BCUT2D eigenvalue weighted by atomic mass is 16.5. The van der Waals surface area contributed by atoms with Gasteiger partial charge in [0, 0.05) is 36.3 Å². The Labute approximate surface area is 127 Å². The standard InChI is InChI=1S/C16H26N2O3/c1-16(2)11-21-8-7-18(16)10-14(17)13-6-5-12(19-3)9-15(13)20-4/h5-6,9,14H,7-8,10-11,17H2,1-4H3. The molecule has 1 saturated heterocycles. The van der Waals surface area contributed by atoms with Crippen LogP contribution in [0, 0.1) is 0 Å². The first-order valence-corrected chi connectivity index (χ1v) is 7.28. The van der Waals surface area contributed by atoms with Crippen LogP contribution in [-0.2, 0) is 4.74 Å². The molecule has 5 heteroatoms. The molecule has 0 bridgehead atoms. The summed E-state index contributed by atoms with van der Waals surface area (Å²) in [6.45, 7) is 7.54. The second-order valence-corrected chi connectivity index (χ2v) is 6.03. The highest BCUT2D eigenvalue weighted by molar-refractivity contribution is 5.42. The van der Waals surface area contributed by atoms with Gasteiger partial charge in [-0.05, 0) is 19.9 Å². The Hall–Kier alpha value is -1.30. The van der Waals surface area contributed by atoms with Crippen molar-refractivity contribution in [3.63, 3.8) is 0 Å². The highest BCUT2D eigenvalue weighted by Crippen LogP contribution is 2.30. The molecule has 1 aromatic carbocycles. The van der Waals surface area contributed by atoms with E-state index in [9.17, 15) is 0 Å². The predicted octanol–water partition coefficient (Wildman–Crippen LogP) is 1.81. The van der Waals surface area contributed by atoms with Crippen LogP contribution in [0.2, 0.25) is 0 Å². The average molecular weight is 294 g/mol. The van der Waals surface area contributed by atoms with Gasteiger partial charge in [-0.2, -0.15) is 0 Å². The van der Waals surface area contributed by atoms with Gasteiger partial charge in [-0.3, -0.25) is 4.90 Å². The second kappa shape index (κ2) is 6.64. The van der Waals surface area contributed by atoms with Crippen LogP contribution in [0.15, 0.2) is 18.2 Å². The lowest BCUT2D eigenvalue weighted by molar-refractivity contribution is -0.0532. The van der Waals surface area contributed by atoms with Gasteiger partial charge in [-0.25, -0.2) is 0 Å². The van der Waals surface area contributed by atoms with Crippen LogP contribution in [0.4, 0.5) is 0 Å². The maximum absolute atomic E-state index is 6.41. The molecule has 1 unspecified atom stereocenters. The van der Waals surface area contributed by atoms with Gasteiger partial charge in [0.25, 0.3) is 0 Å². The van der Waals surface area contributed by atoms with E-state index in [4.69, 9.17) is 19.9 Å². The number of methoxy groups -OCH3 is 2. The summed E-state index contributed by atoms with van der Waals surface area (Å²) >= 11 is 0. The van der Waals surface area contributed by atoms with Gasteiger partial charge in [0.2, 0.25) is 0 Å². The predicted molar refractivity (Wildman–Crippen MR) is 82.9 cm³/mol. The number of nitrogens with zero attached hydrogens (tertiary/aromatic N) is 1. The zero-order valence-corrected chi connectivity index (χ0v) is 13.4. The molecule has 0 saturated carbocycles. The maximum Gasteiger partial charge on any atom is 0.127 e. The zero-order chi connectivity index (χ0) is 15.5. The molecule has 21 heavy (non-hydrogen) atoms. The molecular formula is C16H26N2O3. The third-order valence-electron chi connectivity index (χ3n) is 4.07. The van der Waals surface area contributed by atoms with Crippen molar-refractivity contribution < 1.29 is 14.2 Å². The normalized spacial score (nSPS) is 20.0. The summed E-state index contributed by atoms with van der Waals surface area (Å²) in [5.41, 5.74) is 7.42. The molecule has 0 aromatic heterocycles. The van der Waals surface area contributed by atoms with Gasteiger partial charge in [-0.1, -0.05) is 6.07 Å². The number of ether oxygens (including phenoxy) is 3. The quantitative estimate of drug-likeness (QED) is 0.897. The first kappa shape index (κ1) is 16.1. The van der Waals surface area contributed by atoms with Gasteiger partial charge < -0.3 is 19.9 Å². The summed E-state index contributed by atoms with van der Waals surface area (Å²) in [7, 11) is 3.30. The van der Waals surface area contributed by atoms with Crippen molar-refractivity contribution in [2.75, 3.05) is 40.5 Å². The van der Waals surface area contributed by atoms with Crippen LogP contribution in [0.1, 0.15) is 25.5 Å². The molecule has 0 radical (unpaired) electrons. The lowest BCUT2D eigenvalue weighted by atomic mass is 9.99. The molecular weight excluding hydrogens is 268 g/mol. The van der Waals surface area contributed by atoms with Gasteiger partial charge in [0.05, 0.1) is 27.4 Å². The first-order chi connectivity index (χ1) is 9.97. The molecule has 1 aliphatic heterocycles. The van der Waals surface area contributed by atoms with Gasteiger partial charge in [0.1, 0.15) is 11.5 Å². The Morgan fingerprint density at radius 1 is 1.33 bits per heavy atom. The van der Waals surface area contributed by atoms with E-state index in [1.165, 1.54) is 0 Å². The van der Waals surface area contributed by atoms with Gasteiger partial charge in [-0.15, -0.1) is 0 Å². The summed E-state index contributed by atoms with van der Waals surface area (Å²) in [6.07, 6.45) is 0. The van der Waals surface area contributed by atoms with E-state index in [1.54, 1.807) is 14.2 Å².